The van der Waals surface area contributed by atoms with Crippen LogP contribution in [-0.4, -0.2) is 25.3 Å². The van der Waals surface area contributed by atoms with Gasteiger partial charge in [0.15, 0.2) is 0 Å². The maximum Gasteiger partial charge on any atom is 0.333 e. The van der Waals surface area contributed by atoms with E-state index in [1.807, 2.05) is 20.8 Å². The van der Waals surface area contributed by atoms with Gasteiger partial charge in [0.1, 0.15) is 0 Å². The van der Waals surface area contributed by atoms with E-state index in [4.69, 9.17) is 9.47 Å². The summed E-state index contributed by atoms with van der Waals surface area (Å²) in [5.41, 5.74) is 0.463. The van der Waals surface area contributed by atoms with Crippen LogP contribution in [0, 0.1) is 5.92 Å². The third-order valence-electron chi connectivity index (χ3n) is 2.39. The first-order valence-electron chi connectivity index (χ1n) is 6.04. The second kappa shape index (κ2) is 8.34. The van der Waals surface area contributed by atoms with Crippen molar-refractivity contribution in [2.45, 2.75) is 46.6 Å². The number of esters is 1. The number of carbonyl (C=O) groups excluding carboxylic acids is 1. The van der Waals surface area contributed by atoms with Crippen molar-refractivity contribution in [2.75, 3.05) is 13.2 Å². The minimum absolute atomic E-state index is 0.288. The summed E-state index contributed by atoms with van der Waals surface area (Å²) in [7, 11) is 0. The number of carbonyl (C=O) groups is 1. The summed E-state index contributed by atoms with van der Waals surface area (Å²) in [6.45, 7) is 12.5. The third-order valence-corrected chi connectivity index (χ3v) is 2.39. The van der Waals surface area contributed by atoms with Gasteiger partial charge in [-0.15, -0.1) is 0 Å². The van der Waals surface area contributed by atoms with Gasteiger partial charge in [-0.25, -0.2) is 4.79 Å². The van der Waals surface area contributed by atoms with Gasteiger partial charge in [-0.2, -0.15) is 0 Å². The van der Waals surface area contributed by atoms with Crippen LogP contribution in [-0.2, 0) is 14.3 Å². The Balaban J connectivity index is 0.00000106. The smallest absolute Gasteiger partial charge is 0.333 e. The van der Waals surface area contributed by atoms with Crippen LogP contribution in [0.25, 0.3) is 0 Å². The quantitative estimate of drug-likeness (QED) is 0.550. The van der Waals surface area contributed by atoms with Crippen molar-refractivity contribution in [3.63, 3.8) is 0 Å². The predicted octanol–water partition coefficient (Wildman–Crippen LogP) is 2.95. The third kappa shape index (κ3) is 5.91. The van der Waals surface area contributed by atoms with Crippen LogP contribution in [0.1, 0.15) is 40.5 Å². The molecule has 0 aromatic heterocycles. The van der Waals surface area contributed by atoms with Gasteiger partial charge in [0.05, 0.1) is 12.7 Å². The van der Waals surface area contributed by atoms with E-state index in [0.29, 0.717) is 18.1 Å². The molecule has 1 fully saturated rings. The molecule has 1 aliphatic rings. The second-order valence-electron chi connectivity index (χ2n) is 3.95. The average molecular weight is 228 g/mol. The highest BCUT2D eigenvalue weighted by Crippen LogP contribution is 2.20. The molecule has 94 valence electrons. The Morgan fingerprint density at radius 3 is 2.62 bits per heavy atom. The fourth-order valence-electron chi connectivity index (χ4n) is 1.56. The molecule has 0 saturated carbocycles. The van der Waals surface area contributed by atoms with E-state index in [1.54, 1.807) is 6.92 Å². The zero-order valence-corrected chi connectivity index (χ0v) is 10.9. The van der Waals surface area contributed by atoms with Crippen molar-refractivity contribution < 1.29 is 14.3 Å². The zero-order chi connectivity index (χ0) is 12.6. The normalized spacial score (nSPS) is 24.0. The predicted molar refractivity (Wildman–Crippen MR) is 65.3 cm³/mol. The first kappa shape index (κ1) is 15.2. The van der Waals surface area contributed by atoms with Crippen LogP contribution in [0.3, 0.4) is 0 Å². The number of hydrogen-bond acceptors (Lipinski definition) is 3. The van der Waals surface area contributed by atoms with E-state index in [1.165, 1.54) is 0 Å². The molecule has 1 aliphatic heterocycles. The number of rotatable bonds is 3. The summed E-state index contributed by atoms with van der Waals surface area (Å²) in [5, 5.41) is 0. The van der Waals surface area contributed by atoms with Crippen LogP contribution in [0.15, 0.2) is 12.2 Å². The van der Waals surface area contributed by atoms with Crippen LogP contribution < -0.4 is 0 Å². The second-order valence-corrected chi connectivity index (χ2v) is 3.95. The largest absolute Gasteiger partial charge is 0.462 e. The molecule has 0 radical (unpaired) electrons. The van der Waals surface area contributed by atoms with Gasteiger partial charge in [0.2, 0.25) is 0 Å². The Hall–Kier alpha value is -0.830. The molecule has 0 aromatic carbocycles. The summed E-state index contributed by atoms with van der Waals surface area (Å²) >= 11 is 0. The Morgan fingerprint density at radius 1 is 1.50 bits per heavy atom. The summed E-state index contributed by atoms with van der Waals surface area (Å²) in [6, 6.07) is 0. The van der Waals surface area contributed by atoms with Gasteiger partial charge in [0, 0.05) is 12.2 Å². The fourth-order valence-corrected chi connectivity index (χ4v) is 1.56. The molecule has 2 atom stereocenters. The minimum atomic E-state index is -0.288. The van der Waals surface area contributed by atoms with Gasteiger partial charge in [-0.3, -0.25) is 0 Å². The number of hydrogen-bond donors (Lipinski definition) is 0. The first-order chi connectivity index (χ1) is 7.59. The van der Waals surface area contributed by atoms with Crippen LogP contribution in [0.4, 0.5) is 0 Å². The lowest BCUT2D eigenvalue weighted by Gasteiger charge is -2.26. The maximum atomic E-state index is 11.1. The van der Waals surface area contributed by atoms with E-state index in [2.05, 4.69) is 6.58 Å². The molecule has 0 N–H and O–H groups in total. The molecule has 0 amide bonds. The molecular formula is C13H24O3. The maximum absolute atomic E-state index is 11.1. The standard InChI is InChI=1S/C11H18O3.C2H6/c1-8(2)11(12)14-7-10-4-5-13-9(3)6-10;1-2/h9-10H,1,4-7H2,2-3H3;1-2H3. The first-order valence-corrected chi connectivity index (χ1v) is 6.04. The molecule has 1 rings (SSSR count). The summed E-state index contributed by atoms with van der Waals surface area (Å²) in [5.74, 6) is 0.159. The average Bonchev–Trinajstić information content (AvgIpc) is 2.28. The van der Waals surface area contributed by atoms with Crippen molar-refractivity contribution in [1.29, 1.82) is 0 Å². The van der Waals surface area contributed by atoms with Crippen molar-refractivity contribution in [1.82, 2.24) is 0 Å². The topological polar surface area (TPSA) is 35.5 Å². The van der Waals surface area contributed by atoms with E-state index >= 15 is 0 Å². The molecule has 3 heteroatoms. The molecular weight excluding hydrogens is 204 g/mol. The Labute approximate surface area is 98.8 Å². The molecule has 0 aromatic rings. The molecule has 2 unspecified atom stereocenters. The highest BCUT2D eigenvalue weighted by Gasteiger charge is 2.20. The SMILES string of the molecule is C=C(C)C(=O)OCC1CCOC(C)C1.CC. The van der Waals surface area contributed by atoms with Crippen molar-refractivity contribution in [3.8, 4) is 0 Å². The lowest BCUT2D eigenvalue weighted by Crippen LogP contribution is -2.27. The van der Waals surface area contributed by atoms with E-state index in [9.17, 15) is 4.79 Å². The molecule has 1 saturated heterocycles. The van der Waals surface area contributed by atoms with E-state index in [-0.39, 0.29) is 12.1 Å². The summed E-state index contributed by atoms with van der Waals surface area (Å²) < 4.78 is 10.5. The molecule has 3 nitrogen and oxygen atoms in total. The molecule has 1 heterocycles. The Kier molecular flexibility index (Phi) is 7.90. The van der Waals surface area contributed by atoms with Crippen molar-refractivity contribution in [3.05, 3.63) is 12.2 Å². The molecule has 0 aliphatic carbocycles. The summed E-state index contributed by atoms with van der Waals surface area (Å²) in [4.78, 5) is 11.1. The fraction of sp³-hybridized carbons (Fsp3) is 0.769. The summed E-state index contributed by atoms with van der Waals surface area (Å²) in [6.07, 6.45) is 2.24. The van der Waals surface area contributed by atoms with Gasteiger partial charge in [-0.05, 0) is 32.6 Å². The monoisotopic (exact) mass is 228 g/mol. The Bertz CT molecular complexity index is 223. The Morgan fingerprint density at radius 2 is 2.12 bits per heavy atom. The van der Waals surface area contributed by atoms with Crippen molar-refractivity contribution >= 4 is 5.97 Å². The minimum Gasteiger partial charge on any atom is -0.462 e. The molecule has 16 heavy (non-hydrogen) atoms. The van der Waals surface area contributed by atoms with Gasteiger partial charge >= 0.3 is 5.97 Å². The lowest BCUT2D eigenvalue weighted by atomic mass is 9.97. The van der Waals surface area contributed by atoms with Gasteiger partial charge in [0.25, 0.3) is 0 Å². The number of ether oxygens (including phenoxy) is 2. The lowest BCUT2D eigenvalue weighted by molar-refractivity contribution is -0.141. The highest BCUT2D eigenvalue weighted by atomic mass is 16.5. The molecule has 0 bridgehead atoms. The molecule has 0 spiro atoms. The van der Waals surface area contributed by atoms with Crippen LogP contribution in [0.5, 0.6) is 0 Å². The van der Waals surface area contributed by atoms with E-state index in [0.717, 1.165) is 19.4 Å². The van der Waals surface area contributed by atoms with Crippen molar-refractivity contribution in [2.24, 2.45) is 5.92 Å². The van der Waals surface area contributed by atoms with Gasteiger partial charge < -0.3 is 9.47 Å². The van der Waals surface area contributed by atoms with Gasteiger partial charge in [-0.1, -0.05) is 20.4 Å². The van der Waals surface area contributed by atoms with E-state index < -0.39 is 0 Å². The highest BCUT2D eigenvalue weighted by molar-refractivity contribution is 5.86. The van der Waals surface area contributed by atoms with Crippen LogP contribution in [0.2, 0.25) is 0 Å². The zero-order valence-electron chi connectivity index (χ0n) is 10.9. The van der Waals surface area contributed by atoms with Crippen LogP contribution >= 0.6 is 0 Å².